The van der Waals surface area contributed by atoms with Crippen molar-refractivity contribution in [2.24, 2.45) is 5.92 Å². The van der Waals surface area contributed by atoms with Gasteiger partial charge in [-0.1, -0.05) is 43.4 Å². The van der Waals surface area contributed by atoms with Crippen LogP contribution in [-0.2, 0) is 6.42 Å². The van der Waals surface area contributed by atoms with Crippen LogP contribution in [0.2, 0.25) is 0 Å². The molecule has 4 heteroatoms. The summed E-state index contributed by atoms with van der Waals surface area (Å²) in [5.74, 6) is 1.21. The largest absolute Gasteiger partial charge is 0.497 e. The summed E-state index contributed by atoms with van der Waals surface area (Å²) in [6, 6.07) is 7.26. The van der Waals surface area contributed by atoms with Gasteiger partial charge >= 0.3 is 0 Å². The van der Waals surface area contributed by atoms with Crippen LogP contribution in [0.15, 0.2) is 23.8 Å². The number of rotatable bonds is 6. The lowest BCUT2D eigenvalue weighted by atomic mass is 9.70. The van der Waals surface area contributed by atoms with E-state index >= 15 is 0 Å². The van der Waals surface area contributed by atoms with Gasteiger partial charge in [-0.15, -0.1) is 0 Å². The van der Waals surface area contributed by atoms with Crippen molar-refractivity contribution in [1.29, 1.82) is 0 Å². The normalized spacial score (nSPS) is 25.8. The monoisotopic (exact) mass is 452 g/mol. The van der Waals surface area contributed by atoms with E-state index < -0.39 is 5.60 Å². The Morgan fingerprint density at radius 3 is 2.42 bits per heavy atom. The molecular weight excluding hydrogens is 408 g/mol. The Kier molecular flexibility index (Phi) is 7.44. The average Bonchev–Trinajstić information content (AvgIpc) is 2.88. The molecule has 1 aromatic rings. The van der Waals surface area contributed by atoms with Crippen LogP contribution in [0.5, 0.6) is 5.75 Å². The molecule has 5 rings (SSSR count). The molecule has 1 unspecified atom stereocenters. The zero-order valence-electron chi connectivity index (χ0n) is 20.7. The maximum absolute atomic E-state index is 11.9. The first-order valence-corrected chi connectivity index (χ1v) is 13.7. The number of fused-ring (bicyclic) bond motifs is 1. The summed E-state index contributed by atoms with van der Waals surface area (Å²) >= 11 is 0. The van der Waals surface area contributed by atoms with Crippen molar-refractivity contribution in [2.75, 3.05) is 39.8 Å². The summed E-state index contributed by atoms with van der Waals surface area (Å²) in [7, 11) is 1.74. The molecule has 0 spiro atoms. The molecule has 1 N–H and O–H groups in total. The molecule has 1 atom stereocenters. The molecule has 0 bridgehead atoms. The van der Waals surface area contributed by atoms with Crippen molar-refractivity contribution in [1.82, 2.24) is 9.80 Å². The number of piperidine rings is 2. The van der Waals surface area contributed by atoms with E-state index in [1.165, 1.54) is 94.2 Å². The van der Waals surface area contributed by atoms with E-state index in [2.05, 4.69) is 34.1 Å². The third kappa shape index (κ3) is 5.33. The van der Waals surface area contributed by atoms with Gasteiger partial charge in [-0.05, 0) is 101 Å². The Morgan fingerprint density at radius 1 is 0.970 bits per heavy atom. The summed E-state index contributed by atoms with van der Waals surface area (Å²) in [6.07, 6.45) is 16.9. The molecule has 2 aliphatic heterocycles. The molecule has 0 radical (unpaired) electrons. The number of ether oxygens (including phenoxy) is 1. The fourth-order valence-corrected chi connectivity index (χ4v) is 7.05. The highest BCUT2D eigenvalue weighted by Gasteiger charge is 2.41. The summed E-state index contributed by atoms with van der Waals surface area (Å²) < 4.78 is 5.45. The van der Waals surface area contributed by atoms with Crippen molar-refractivity contribution in [3.05, 3.63) is 34.9 Å². The van der Waals surface area contributed by atoms with Gasteiger partial charge in [0.15, 0.2) is 0 Å². The third-order valence-corrected chi connectivity index (χ3v) is 9.09. The summed E-state index contributed by atoms with van der Waals surface area (Å²) in [4.78, 5) is 5.45. The average molecular weight is 453 g/mol. The van der Waals surface area contributed by atoms with Crippen LogP contribution in [0.4, 0.5) is 0 Å². The van der Waals surface area contributed by atoms with Crippen molar-refractivity contribution in [2.45, 2.75) is 88.7 Å². The Balaban J connectivity index is 1.31. The maximum Gasteiger partial charge on any atom is 0.119 e. The van der Waals surface area contributed by atoms with Crippen LogP contribution >= 0.6 is 0 Å². The van der Waals surface area contributed by atoms with Crippen LogP contribution in [0.1, 0.15) is 81.8 Å². The number of aliphatic hydroxyl groups is 1. The summed E-state index contributed by atoms with van der Waals surface area (Å²) in [5.41, 5.74) is 3.66. The van der Waals surface area contributed by atoms with Gasteiger partial charge in [0.05, 0.1) is 12.7 Å². The van der Waals surface area contributed by atoms with Crippen LogP contribution in [0.25, 0.3) is 6.08 Å². The Bertz CT molecular complexity index is 815. The quantitative estimate of drug-likeness (QED) is 0.636. The number of methoxy groups -OCH3 is 1. The molecule has 4 nitrogen and oxygen atoms in total. The number of hydrogen-bond acceptors (Lipinski definition) is 4. The van der Waals surface area contributed by atoms with Gasteiger partial charge in [0.1, 0.15) is 5.75 Å². The highest BCUT2D eigenvalue weighted by atomic mass is 16.5. The van der Waals surface area contributed by atoms with Gasteiger partial charge in [0.25, 0.3) is 0 Å². The number of nitrogens with zero attached hydrogens (tertiary/aromatic N) is 2. The zero-order valence-corrected chi connectivity index (χ0v) is 20.7. The molecule has 0 aromatic heterocycles. The molecule has 33 heavy (non-hydrogen) atoms. The van der Waals surface area contributed by atoms with E-state index in [1.807, 2.05) is 0 Å². The smallest absolute Gasteiger partial charge is 0.119 e. The first kappa shape index (κ1) is 23.4. The summed E-state index contributed by atoms with van der Waals surface area (Å²) in [5, 5.41) is 11.9. The molecule has 1 saturated carbocycles. The Hall–Kier alpha value is -1.36. The lowest BCUT2D eigenvalue weighted by Gasteiger charge is -2.46. The van der Waals surface area contributed by atoms with Crippen molar-refractivity contribution < 1.29 is 9.84 Å². The number of aryl methyl sites for hydroxylation is 1. The highest BCUT2D eigenvalue weighted by molar-refractivity contribution is 5.61. The lowest BCUT2D eigenvalue weighted by Crippen LogP contribution is -2.51. The molecule has 2 aliphatic carbocycles. The molecule has 2 saturated heterocycles. The van der Waals surface area contributed by atoms with E-state index in [0.717, 1.165) is 44.0 Å². The van der Waals surface area contributed by atoms with Gasteiger partial charge in [0.2, 0.25) is 0 Å². The lowest BCUT2D eigenvalue weighted by molar-refractivity contribution is -0.0504. The fraction of sp³-hybridized carbons (Fsp3) is 0.724. The number of benzene rings is 1. The first-order valence-electron chi connectivity index (χ1n) is 13.7. The van der Waals surface area contributed by atoms with Gasteiger partial charge in [-0.25, -0.2) is 0 Å². The van der Waals surface area contributed by atoms with Gasteiger partial charge in [-0.2, -0.15) is 0 Å². The summed E-state index contributed by atoms with van der Waals surface area (Å²) in [6.45, 7) is 6.03. The minimum atomic E-state index is -0.530. The first-order chi connectivity index (χ1) is 16.1. The standard InChI is InChI=1S/C29H44N2O2/c1-33-27-11-10-23-20-25(9-8-24(23)21-27)28(29(32)14-4-2-5-15-29)22-30-18-12-26(13-19-30)31-16-6-3-7-17-31/h10-11,20-21,26,28,32H,2-9,12-19,22H2,1H3. The zero-order chi connectivity index (χ0) is 22.7. The molecule has 4 aliphatic rings. The topological polar surface area (TPSA) is 35.9 Å². The number of hydrogen-bond donors (Lipinski definition) is 1. The Morgan fingerprint density at radius 2 is 1.70 bits per heavy atom. The van der Waals surface area contributed by atoms with E-state index in [1.54, 1.807) is 7.11 Å². The predicted octanol–water partition coefficient (Wildman–Crippen LogP) is 5.29. The SMILES string of the molecule is COc1ccc2c(c1)CCC(C(CN1CCC(N3CCCCC3)CC1)C1(O)CCCCC1)=C2. The van der Waals surface area contributed by atoms with Crippen LogP contribution in [0.3, 0.4) is 0 Å². The van der Waals surface area contributed by atoms with E-state index in [0.29, 0.717) is 0 Å². The molecule has 0 amide bonds. The van der Waals surface area contributed by atoms with E-state index in [4.69, 9.17) is 4.74 Å². The van der Waals surface area contributed by atoms with Crippen LogP contribution < -0.4 is 4.74 Å². The van der Waals surface area contributed by atoms with Crippen molar-refractivity contribution in [3.63, 3.8) is 0 Å². The Labute approximate surface area is 201 Å². The second-order valence-electron chi connectivity index (χ2n) is 11.1. The second kappa shape index (κ2) is 10.5. The molecule has 3 fully saturated rings. The second-order valence-corrected chi connectivity index (χ2v) is 11.1. The minimum Gasteiger partial charge on any atom is -0.497 e. The van der Waals surface area contributed by atoms with Gasteiger partial charge in [0, 0.05) is 18.5 Å². The minimum absolute atomic E-state index is 0.264. The van der Waals surface area contributed by atoms with Crippen LogP contribution in [-0.4, -0.2) is 66.4 Å². The van der Waals surface area contributed by atoms with Gasteiger partial charge in [-0.3, -0.25) is 0 Å². The van der Waals surface area contributed by atoms with E-state index in [9.17, 15) is 5.11 Å². The highest BCUT2D eigenvalue weighted by Crippen LogP contribution is 2.42. The van der Waals surface area contributed by atoms with Gasteiger partial charge < -0.3 is 19.6 Å². The molecule has 1 aromatic carbocycles. The fourth-order valence-electron chi connectivity index (χ4n) is 7.05. The molecule has 182 valence electrons. The molecular formula is C29H44N2O2. The maximum atomic E-state index is 11.9. The van der Waals surface area contributed by atoms with E-state index in [-0.39, 0.29) is 5.92 Å². The van der Waals surface area contributed by atoms with Crippen molar-refractivity contribution in [3.8, 4) is 5.75 Å². The van der Waals surface area contributed by atoms with Crippen molar-refractivity contribution >= 4 is 6.08 Å². The van der Waals surface area contributed by atoms with Crippen LogP contribution in [0, 0.1) is 5.92 Å². The number of likely N-dealkylation sites (tertiary alicyclic amines) is 2. The predicted molar refractivity (Wildman–Crippen MR) is 136 cm³/mol. The third-order valence-electron chi connectivity index (χ3n) is 9.09. The molecule has 2 heterocycles.